The zero-order valence-corrected chi connectivity index (χ0v) is 22.6. The maximum absolute atomic E-state index is 13.5. The van der Waals surface area contributed by atoms with Crippen LogP contribution in [0.1, 0.15) is 44.7 Å². The molecule has 0 amide bonds. The summed E-state index contributed by atoms with van der Waals surface area (Å²) in [5, 5.41) is 0.518. The van der Waals surface area contributed by atoms with Gasteiger partial charge in [-0.15, -0.1) is 0 Å². The van der Waals surface area contributed by atoms with E-state index in [1.807, 2.05) is 24.3 Å². The summed E-state index contributed by atoms with van der Waals surface area (Å²) in [4.78, 5) is 33.0. The van der Waals surface area contributed by atoms with Crippen molar-refractivity contribution in [3.05, 3.63) is 82.0 Å². The maximum Gasteiger partial charge on any atom is 0.336 e. The van der Waals surface area contributed by atoms with E-state index in [9.17, 15) is 9.59 Å². The molecule has 0 aliphatic carbocycles. The zero-order chi connectivity index (χ0) is 26.5. The van der Waals surface area contributed by atoms with Gasteiger partial charge in [0.25, 0.3) is 0 Å². The molecule has 1 aliphatic heterocycles. The number of methoxy groups -OCH3 is 1. The number of aliphatic imine (C=N–C) groups is 1. The molecule has 2 aromatic carbocycles. The van der Waals surface area contributed by atoms with Gasteiger partial charge in [0, 0.05) is 40.9 Å². The largest absolute Gasteiger partial charge is 0.468 e. The molecule has 1 heterocycles. The molecule has 192 valence electrons. The predicted octanol–water partition coefficient (Wildman–Crippen LogP) is 5.66. The van der Waals surface area contributed by atoms with Crippen LogP contribution >= 0.6 is 11.6 Å². The molecule has 0 saturated heterocycles. The molecule has 2 aromatic rings. The van der Waals surface area contributed by atoms with Gasteiger partial charge >= 0.3 is 11.9 Å². The smallest absolute Gasteiger partial charge is 0.336 e. The summed E-state index contributed by atoms with van der Waals surface area (Å²) < 4.78 is 10.9. The quantitative estimate of drug-likeness (QED) is 0.407. The molecule has 7 heteroatoms. The summed E-state index contributed by atoms with van der Waals surface area (Å²) in [5.41, 5.74) is 3.13. The van der Waals surface area contributed by atoms with Gasteiger partial charge in [0.05, 0.1) is 19.3 Å². The number of carbonyl (C=O) groups excluding carboxylic acids is 2. The number of esters is 2. The number of halogens is 1. The number of hydrogen-bond acceptors (Lipinski definition) is 6. The normalized spacial score (nSPS) is 18.2. The van der Waals surface area contributed by atoms with Crippen LogP contribution in [0.15, 0.2) is 70.9 Å². The van der Waals surface area contributed by atoms with Crippen LogP contribution in [0.25, 0.3) is 0 Å². The second-order valence-electron chi connectivity index (χ2n) is 10.2. The Bertz CT molecular complexity index is 1160. The number of allylic oxidation sites excluding steroid dienone is 1. The van der Waals surface area contributed by atoms with Gasteiger partial charge in [-0.1, -0.05) is 67.9 Å². The van der Waals surface area contributed by atoms with E-state index in [0.717, 1.165) is 18.7 Å². The van der Waals surface area contributed by atoms with E-state index < -0.39 is 23.8 Å². The summed E-state index contributed by atoms with van der Waals surface area (Å²) in [6, 6.07) is 17.4. The van der Waals surface area contributed by atoms with E-state index in [2.05, 4.69) is 42.9 Å². The summed E-state index contributed by atoms with van der Waals surface area (Å²) in [6.45, 7) is 9.42. The molecular formula is C29H35ClN2O4. The fraction of sp³-hybridized carbons (Fsp3) is 0.414. The third-order valence-corrected chi connectivity index (χ3v) is 6.53. The molecule has 36 heavy (non-hydrogen) atoms. The van der Waals surface area contributed by atoms with E-state index in [1.165, 1.54) is 12.7 Å². The van der Waals surface area contributed by atoms with Crippen LogP contribution in [-0.2, 0) is 25.6 Å². The van der Waals surface area contributed by atoms with Crippen molar-refractivity contribution in [1.29, 1.82) is 0 Å². The zero-order valence-electron chi connectivity index (χ0n) is 21.9. The van der Waals surface area contributed by atoms with Crippen molar-refractivity contribution in [2.45, 2.75) is 40.2 Å². The second kappa shape index (κ2) is 11.8. The van der Waals surface area contributed by atoms with E-state index in [-0.39, 0.29) is 12.0 Å². The van der Waals surface area contributed by atoms with Crippen molar-refractivity contribution in [2.24, 2.45) is 16.3 Å². The van der Waals surface area contributed by atoms with Crippen molar-refractivity contribution in [3.63, 3.8) is 0 Å². The van der Waals surface area contributed by atoms with Crippen LogP contribution in [0.4, 0.5) is 0 Å². The minimum Gasteiger partial charge on any atom is -0.468 e. The Balaban J connectivity index is 1.81. The molecule has 0 N–H and O–H groups in total. The van der Waals surface area contributed by atoms with Gasteiger partial charge < -0.3 is 14.4 Å². The van der Waals surface area contributed by atoms with Gasteiger partial charge in [0.2, 0.25) is 0 Å². The van der Waals surface area contributed by atoms with Gasteiger partial charge in [0.1, 0.15) is 5.92 Å². The van der Waals surface area contributed by atoms with Crippen LogP contribution in [-0.4, -0.2) is 49.9 Å². The number of benzene rings is 2. The average molecular weight is 511 g/mol. The van der Waals surface area contributed by atoms with E-state index >= 15 is 0 Å². The lowest BCUT2D eigenvalue weighted by atomic mass is 9.75. The Morgan fingerprint density at radius 3 is 2.42 bits per heavy atom. The highest BCUT2D eigenvalue weighted by Crippen LogP contribution is 2.41. The molecule has 0 spiro atoms. The molecule has 2 unspecified atom stereocenters. The standard InChI is InChI=1S/C29H35ClN2O4/c1-19-24(27(33)35-6)26(22-13-10-14-23(30)15-22)25(20(2)31-19)28(34)36-18-29(3,4)17-32(5)16-21-11-8-7-9-12-21/h7-15,24,26H,16-18H2,1-6H3. The highest BCUT2D eigenvalue weighted by Gasteiger charge is 2.42. The Kier molecular flexibility index (Phi) is 9.09. The third kappa shape index (κ3) is 6.83. The second-order valence-corrected chi connectivity index (χ2v) is 10.6. The minimum absolute atomic E-state index is 0.218. The number of ether oxygens (including phenoxy) is 2. The van der Waals surface area contributed by atoms with Gasteiger partial charge in [-0.3, -0.25) is 9.79 Å². The topological polar surface area (TPSA) is 68.2 Å². The van der Waals surface area contributed by atoms with Crippen LogP contribution < -0.4 is 0 Å². The minimum atomic E-state index is -0.746. The fourth-order valence-corrected chi connectivity index (χ4v) is 5.06. The molecule has 1 aliphatic rings. The number of hydrogen-bond donors (Lipinski definition) is 0. The SMILES string of the molecule is COC(=O)C1C(C)=NC(C)=C(C(=O)OCC(C)(C)CN(C)Cc2ccccc2)C1c1cccc(Cl)c1. The number of nitrogens with zero attached hydrogens (tertiary/aromatic N) is 2. The Hall–Kier alpha value is -2.96. The van der Waals surface area contributed by atoms with Gasteiger partial charge in [0.15, 0.2) is 0 Å². The molecule has 0 fully saturated rings. The van der Waals surface area contributed by atoms with Crippen LogP contribution in [0, 0.1) is 11.3 Å². The molecule has 0 aromatic heterocycles. The van der Waals surface area contributed by atoms with Gasteiger partial charge in [-0.25, -0.2) is 4.79 Å². The molecule has 2 atom stereocenters. The molecular weight excluding hydrogens is 476 g/mol. The lowest BCUT2D eigenvalue weighted by Gasteiger charge is -2.33. The van der Waals surface area contributed by atoms with E-state index in [0.29, 0.717) is 22.0 Å². The molecule has 0 radical (unpaired) electrons. The molecule has 0 saturated carbocycles. The number of carbonyl (C=O) groups is 2. The monoisotopic (exact) mass is 510 g/mol. The van der Waals surface area contributed by atoms with Gasteiger partial charge in [-0.2, -0.15) is 0 Å². The van der Waals surface area contributed by atoms with Crippen molar-refractivity contribution < 1.29 is 19.1 Å². The Morgan fingerprint density at radius 2 is 1.78 bits per heavy atom. The van der Waals surface area contributed by atoms with Crippen molar-refractivity contribution in [2.75, 3.05) is 27.3 Å². The first-order chi connectivity index (χ1) is 17.0. The summed E-state index contributed by atoms with van der Waals surface area (Å²) in [5.74, 6) is -2.29. The fourth-order valence-electron chi connectivity index (χ4n) is 4.86. The predicted molar refractivity (Wildman–Crippen MR) is 143 cm³/mol. The van der Waals surface area contributed by atoms with Crippen molar-refractivity contribution in [3.8, 4) is 0 Å². The van der Waals surface area contributed by atoms with Crippen LogP contribution in [0.5, 0.6) is 0 Å². The summed E-state index contributed by atoms with van der Waals surface area (Å²) >= 11 is 6.27. The van der Waals surface area contributed by atoms with E-state index in [1.54, 1.807) is 32.0 Å². The van der Waals surface area contributed by atoms with Crippen LogP contribution in [0.3, 0.4) is 0 Å². The first kappa shape index (κ1) is 27.6. The highest BCUT2D eigenvalue weighted by atomic mass is 35.5. The summed E-state index contributed by atoms with van der Waals surface area (Å²) in [6.07, 6.45) is 0. The van der Waals surface area contributed by atoms with Crippen LogP contribution in [0.2, 0.25) is 5.02 Å². The van der Waals surface area contributed by atoms with E-state index in [4.69, 9.17) is 21.1 Å². The number of rotatable bonds is 9. The maximum atomic E-state index is 13.5. The van der Waals surface area contributed by atoms with Crippen molar-refractivity contribution >= 4 is 29.3 Å². The molecule has 6 nitrogen and oxygen atoms in total. The third-order valence-electron chi connectivity index (χ3n) is 6.30. The average Bonchev–Trinajstić information content (AvgIpc) is 2.82. The molecule has 0 bridgehead atoms. The van der Waals surface area contributed by atoms with Gasteiger partial charge in [-0.05, 0) is 44.2 Å². The molecule has 3 rings (SSSR count). The lowest BCUT2D eigenvalue weighted by molar-refractivity contribution is -0.145. The Labute approximate surface area is 219 Å². The first-order valence-electron chi connectivity index (χ1n) is 12.0. The van der Waals surface area contributed by atoms with Crippen molar-refractivity contribution in [1.82, 2.24) is 4.90 Å². The first-order valence-corrected chi connectivity index (χ1v) is 12.4. The highest BCUT2D eigenvalue weighted by molar-refractivity contribution is 6.30. The Morgan fingerprint density at radius 1 is 1.08 bits per heavy atom. The lowest BCUT2D eigenvalue weighted by Crippen LogP contribution is -2.38. The summed E-state index contributed by atoms with van der Waals surface area (Å²) in [7, 11) is 3.39.